The Bertz CT molecular complexity index is 288. The standard InChI is InChI=1S/C12H22N2O4/c1-18-7-6-14(8-11(15)16)12(17)9-2-4-10(13)5-3-9/h9-10H,2-8,13H2,1H3,(H,15,16). The fourth-order valence-corrected chi connectivity index (χ4v) is 2.26. The summed E-state index contributed by atoms with van der Waals surface area (Å²) in [5.41, 5.74) is 5.80. The van der Waals surface area contributed by atoms with Crippen LogP contribution >= 0.6 is 0 Å². The maximum absolute atomic E-state index is 12.2. The lowest BCUT2D eigenvalue weighted by molar-refractivity contribution is -0.147. The number of aliphatic carboxylic acids is 1. The van der Waals surface area contributed by atoms with Crippen LogP contribution in [0, 0.1) is 5.92 Å². The van der Waals surface area contributed by atoms with Crippen LogP contribution in [0.4, 0.5) is 0 Å². The van der Waals surface area contributed by atoms with Crippen LogP contribution in [0.15, 0.2) is 0 Å². The van der Waals surface area contributed by atoms with Crippen LogP contribution in [-0.4, -0.2) is 54.7 Å². The predicted octanol–water partition coefficient (Wildman–Crippen LogP) is 0.0635. The third kappa shape index (κ3) is 4.62. The maximum Gasteiger partial charge on any atom is 0.323 e. The van der Waals surface area contributed by atoms with Crippen molar-refractivity contribution in [2.45, 2.75) is 31.7 Å². The lowest BCUT2D eigenvalue weighted by atomic mass is 9.85. The van der Waals surface area contributed by atoms with E-state index >= 15 is 0 Å². The van der Waals surface area contributed by atoms with Gasteiger partial charge in [0.1, 0.15) is 6.54 Å². The molecule has 1 amide bonds. The van der Waals surface area contributed by atoms with E-state index in [4.69, 9.17) is 15.6 Å². The molecule has 0 aromatic heterocycles. The third-order valence-electron chi connectivity index (χ3n) is 3.32. The number of ether oxygens (including phenoxy) is 1. The van der Waals surface area contributed by atoms with E-state index < -0.39 is 5.97 Å². The van der Waals surface area contributed by atoms with Gasteiger partial charge in [0.2, 0.25) is 5.91 Å². The Kier molecular flexibility index (Phi) is 6.07. The van der Waals surface area contributed by atoms with Crippen molar-refractivity contribution in [3.8, 4) is 0 Å². The zero-order valence-corrected chi connectivity index (χ0v) is 10.8. The van der Waals surface area contributed by atoms with Gasteiger partial charge >= 0.3 is 5.97 Å². The normalized spacial score (nSPS) is 23.7. The highest BCUT2D eigenvalue weighted by molar-refractivity contribution is 5.83. The van der Waals surface area contributed by atoms with E-state index in [9.17, 15) is 9.59 Å². The smallest absolute Gasteiger partial charge is 0.323 e. The van der Waals surface area contributed by atoms with Crippen molar-refractivity contribution < 1.29 is 19.4 Å². The predicted molar refractivity (Wildman–Crippen MR) is 66.0 cm³/mol. The van der Waals surface area contributed by atoms with Gasteiger partial charge in [0, 0.05) is 25.6 Å². The van der Waals surface area contributed by atoms with Crippen molar-refractivity contribution >= 4 is 11.9 Å². The number of carboxylic acids is 1. The van der Waals surface area contributed by atoms with Crippen molar-refractivity contribution in [2.75, 3.05) is 26.8 Å². The van der Waals surface area contributed by atoms with Crippen molar-refractivity contribution in [1.82, 2.24) is 4.90 Å². The van der Waals surface area contributed by atoms with Gasteiger partial charge in [0.25, 0.3) is 0 Å². The number of hydrogen-bond donors (Lipinski definition) is 2. The zero-order chi connectivity index (χ0) is 13.5. The number of carbonyl (C=O) groups excluding carboxylic acids is 1. The minimum atomic E-state index is -0.994. The molecule has 3 N–H and O–H groups in total. The molecule has 18 heavy (non-hydrogen) atoms. The van der Waals surface area contributed by atoms with Gasteiger partial charge in [-0.2, -0.15) is 0 Å². The maximum atomic E-state index is 12.2. The molecular formula is C12H22N2O4. The minimum Gasteiger partial charge on any atom is -0.480 e. The first-order valence-corrected chi connectivity index (χ1v) is 6.29. The number of hydrogen-bond acceptors (Lipinski definition) is 4. The summed E-state index contributed by atoms with van der Waals surface area (Å²) in [5.74, 6) is -1.16. The average Bonchev–Trinajstić information content (AvgIpc) is 2.34. The van der Waals surface area contributed by atoms with Crippen LogP contribution in [0.1, 0.15) is 25.7 Å². The number of amides is 1. The highest BCUT2D eigenvalue weighted by atomic mass is 16.5. The van der Waals surface area contributed by atoms with Crippen LogP contribution in [0.3, 0.4) is 0 Å². The van der Waals surface area contributed by atoms with E-state index in [-0.39, 0.29) is 24.4 Å². The Morgan fingerprint density at radius 1 is 1.33 bits per heavy atom. The van der Waals surface area contributed by atoms with Gasteiger partial charge in [-0.25, -0.2) is 0 Å². The molecule has 1 saturated carbocycles. The van der Waals surface area contributed by atoms with Gasteiger partial charge in [-0.1, -0.05) is 0 Å². The summed E-state index contributed by atoms with van der Waals surface area (Å²) in [6, 6.07) is 0.181. The van der Waals surface area contributed by atoms with Gasteiger partial charge in [-0.3, -0.25) is 9.59 Å². The summed E-state index contributed by atoms with van der Waals surface area (Å²) in [6.07, 6.45) is 3.18. The van der Waals surface area contributed by atoms with Crippen molar-refractivity contribution in [3.63, 3.8) is 0 Å². The van der Waals surface area contributed by atoms with E-state index in [1.807, 2.05) is 0 Å². The summed E-state index contributed by atoms with van der Waals surface area (Å²) in [4.78, 5) is 24.3. The van der Waals surface area contributed by atoms with E-state index in [1.54, 1.807) is 0 Å². The van der Waals surface area contributed by atoms with Gasteiger partial charge < -0.3 is 20.5 Å². The lowest BCUT2D eigenvalue weighted by Gasteiger charge is -2.30. The molecule has 0 heterocycles. The van der Waals surface area contributed by atoms with E-state index in [0.29, 0.717) is 13.2 Å². The SMILES string of the molecule is COCCN(CC(=O)O)C(=O)C1CCC(N)CC1. The first kappa shape index (κ1) is 14.9. The summed E-state index contributed by atoms with van der Waals surface area (Å²) in [6.45, 7) is 0.417. The van der Waals surface area contributed by atoms with Crippen molar-refractivity contribution in [2.24, 2.45) is 11.7 Å². The topological polar surface area (TPSA) is 92.9 Å². The van der Waals surface area contributed by atoms with E-state index in [2.05, 4.69) is 0 Å². The molecular weight excluding hydrogens is 236 g/mol. The minimum absolute atomic E-state index is 0.0821. The molecule has 0 atom stereocenters. The monoisotopic (exact) mass is 258 g/mol. The number of rotatable bonds is 6. The number of carboxylic acid groups (broad SMARTS) is 1. The average molecular weight is 258 g/mol. The Morgan fingerprint density at radius 3 is 2.44 bits per heavy atom. The molecule has 0 spiro atoms. The molecule has 0 saturated heterocycles. The Hall–Kier alpha value is -1.14. The van der Waals surface area contributed by atoms with E-state index in [0.717, 1.165) is 25.7 Å². The first-order valence-electron chi connectivity index (χ1n) is 6.29. The van der Waals surface area contributed by atoms with Gasteiger partial charge in [-0.15, -0.1) is 0 Å². The fraction of sp³-hybridized carbons (Fsp3) is 0.833. The highest BCUT2D eigenvalue weighted by Crippen LogP contribution is 2.24. The Balaban J connectivity index is 2.54. The number of methoxy groups -OCH3 is 1. The summed E-state index contributed by atoms with van der Waals surface area (Å²) in [7, 11) is 1.53. The zero-order valence-electron chi connectivity index (χ0n) is 10.8. The molecule has 0 bridgehead atoms. The largest absolute Gasteiger partial charge is 0.480 e. The number of nitrogens with zero attached hydrogens (tertiary/aromatic N) is 1. The molecule has 1 aliphatic rings. The summed E-state index contributed by atoms with van der Waals surface area (Å²) < 4.78 is 4.90. The second-order valence-corrected chi connectivity index (χ2v) is 4.76. The molecule has 0 aromatic carbocycles. The Labute approximate surface area is 107 Å². The van der Waals surface area contributed by atoms with E-state index in [1.165, 1.54) is 12.0 Å². The van der Waals surface area contributed by atoms with Gasteiger partial charge in [-0.05, 0) is 25.7 Å². The molecule has 1 rings (SSSR count). The van der Waals surface area contributed by atoms with Crippen LogP contribution in [0.5, 0.6) is 0 Å². The van der Waals surface area contributed by atoms with Crippen molar-refractivity contribution in [1.29, 1.82) is 0 Å². The fourth-order valence-electron chi connectivity index (χ4n) is 2.26. The number of nitrogens with two attached hydrogens (primary N) is 1. The summed E-state index contributed by atoms with van der Waals surface area (Å²) >= 11 is 0. The molecule has 104 valence electrons. The molecule has 6 nitrogen and oxygen atoms in total. The molecule has 0 unspecified atom stereocenters. The van der Waals surface area contributed by atoms with Crippen LogP contribution in [0.2, 0.25) is 0 Å². The second kappa shape index (κ2) is 7.33. The van der Waals surface area contributed by atoms with Crippen molar-refractivity contribution in [3.05, 3.63) is 0 Å². The van der Waals surface area contributed by atoms with Crippen LogP contribution in [-0.2, 0) is 14.3 Å². The Morgan fingerprint density at radius 2 is 1.94 bits per heavy atom. The van der Waals surface area contributed by atoms with Crippen LogP contribution in [0.25, 0.3) is 0 Å². The molecule has 1 fully saturated rings. The highest BCUT2D eigenvalue weighted by Gasteiger charge is 2.28. The quantitative estimate of drug-likeness (QED) is 0.703. The lowest BCUT2D eigenvalue weighted by Crippen LogP contribution is -2.43. The molecule has 0 aromatic rings. The molecule has 0 aliphatic heterocycles. The molecule has 0 radical (unpaired) electrons. The first-order chi connectivity index (χ1) is 8.54. The molecule has 6 heteroatoms. The molecule has 1 aliphatic carbocycles. The third-order valence-corrected chi connectivity index (χ3v) is 3.32. The van der Waals surface area contributed by atoms with Crippen LogP contribution < -0.4 is 5.73 Å². The van der Waals surface area contributed by atoms with Gasteiger partial charge in [0.15, 0.2) is 0 Å². The van der Waals surface area contributed by atoms with Gasteiger partial charge in [0.05, 0.1) is 6.61 Å². The second-order valence-electron chi connectivity index (χ2n) is 4.76. The summed E-state index contributed by atoms with van der Waals surface area (Å²) in [5, 5.41) is 8.82. The number of carbonyl (C=O) groups is 2.